The first-order valence-corrected chi connectivity index (χ1v) is 8.68. The summed E-state index contributed by atoms with van der Waals surface area (Å²) in [6.07, 6.45) is 1.93. The van der Waals surface area contributed by atoms with Crippen molar-refractivity contribution in [2.75, 3.05) is 27.3 Å². The summed E-state index contributed by atoms with van der Waals surface area (Å²) in [7, 11) is 3.13. The highest BCUT2D eigenvalue weighted by Crippen LogP contribution is 2.30. The van der Waals surface area contributed by atoms with Gasteiger partial charge in [0.1, 0.15) is 5.69 Å². The number of carbonyl (C=O) groups excluding carboxylic acids is 1. The summed E-state index contributed by atoms with van der Waals surface area (Å²) in [5.74, 6) is 1.12. The van der Waals surface area contributed by atoms with Crippen molar-refractivity contribution in [2.24, 2.45) is 0 Å². The molecule has 1 aliphatic heterocycles. The molecule has 0 radical (unpaired) electrons. The zero-order valence-corrected chi connectivity index (χ0v) is 15.2. The smallest absolute Gasteiger partial charge is 0.254 e. The molecule has 4 rings (SSSR count). The van der Waals surface area contributed by atoms with E-state index in [0.717, 1.165) is 11.3 Å². The predicted octanol–water partition coefficient (Wildman–Crippen LogP) is 2.66. The van der Waals surface area contributed by atoms with E-state index in [9.17, 15) is 4.79 Å². The van der Waals surface area contributed by atoms with Crippen LogP contribution in [0.25, 0.3) is 11.3 Å². The van der Waals surface area contributed by atoms with Crippen molar-refractivity contribution in [3.63, 3.8) is 0 Å². The number of carbonyl (C=O) groups is 1. The quantitative estimate of drug-likeness (QED) is 0.696. The third-order valence-electron chi connectivity index (χ3n) is 4.73. The summed E-state index contributed by atoms with van der Waals surface area (Å²) in [4.78, 5) is 14.5. The molecule has 2 heterocycles. The van der Waals surface area contributed by atoms with Crippen molar-refractivity contribution in [1.29, 1.82) is 0 Å². The van der Waals surface area contributed by atoms with Gasteiger partial charge in [-0.25, -0.2) is 4.68 Å². The molecule has 0 saturated carbocycles. The molecule has 0 N–H and O–H groups in total. The molecule has 27 heavy (non-hydrogen) atoms. The SMILES string of the molecule is COc1ccc(C(=O)N2CC(n3cc(-c4ccccc4)nn3)C2)cc1OC. The molecule has 2 aromatic carbocycles. The van der Waals surface area contributed by atoms with Crippen LogP contribution in [0.3, 0.4) is 0 Å². The van der Waals surface area contributed by atoms with Crippen LogP contribution < -0.4 is 9.47 Å². The number of benzene rings is 2. The van der Waals surface area contributed by atoms with Gasteiger partial charge in [-0.3, -0.25) is 4.79 Å². The number of ether oxygens (including phenoxy) is 2. The first kappa shape index (κ1) is 17.1. The molecule has 1 fully saturated rings. The minimum Gasteiger partial charge on any atom is -0.493 e. The third kappa shape index (κ3) is 3.23. The van der Waals surface area contributed by atoms with E-state index in [4.69, 9.17) is 9.47 Å². The maximum atomic E-state index is 12.7. The summed E-state index contributed by atoms with van der Waals surface area (Å²) >= 11 is 0. The van der Waals surface area contributed by atoms with Crippen LogP contribution in [-0.2, 0) is 0 Å². The van der Waals surface area contributed by atoms with Gasteiger partial charge in [-0.05, 0) is 18.2 Å². The molecule has 0 spiro atoms. The summed E-state index contributed by atoms with van der Waals surface area (Å²) in [5, 5.41) is 8.46. The van der Waals surface area contributed by atoms with Crippen LogP contribution in [0.2, 0.25) is 0 Å². The number of amides is 1. The average Bonchev–Trinajstić information content (AvgIpc) is 3.16. The monoisotopic (exact) mass is 364 g/mol. The number of methoxy groups -OCH3 is 2. The van der Waals surface area contributed by atoms with E-state index in [1.165, 1.54) is 0 Å². The van der Waals surface area contributed by atoms with Gasteiger partial charge in [0.25, 0.3) is 5.91 Å². The number of nitrogens with zero attached hydrogens (tertiary/aromatic N) is 4. The predicted molar refractivity (Wildman–Crippen MR) is 99.9 cm³/mol. The van der Waals surface area contributed by atoms with Crippen molar-refractivity contribution in [1.82, 2.24) is 19.9 Å². The second-order valence-corrected chi connectivity index (χ2v) is 6.38. The number of aromatic nitrogens is 3. The minimum atomic E-state index is -0.0319. The standard InChI is InChI=1S/C20H20N4O3/c1-26-18-9-8-15(10-19(18)27-2)20(25)23-11-16(12-23)24-13-17(21-22-24)14-6-4-3-5-7-14/h3-10,13,16H,11-12H2,1-2H3. The minimum absolute atomic E-state index is 0.0319. The van der Waals surface area contributed by atoms with Crippen molar-refractivity contribution >= 4 is 5.91 Å². The highest BCUT2D eigenvalue weighted by molar-refractivity contribution is 5.95. The molecule has 0 atom stereocenters. The van der Waals surface area contributed by atoms with Gasteiger partial charge in [0, 0.05) is 24.2 Å². The van der Waals surface area contributed by atoms with Gasteiger partial charge in [-0.1, -0.05) is 35.5 Å². The lowest BCUT2D eigenvalue weighted by atomic mass is 10.1. The average molecular weight is 364 g/mol. The topological polar surface area (TPSA) is 69.5 Å². The van der Waals surface area contributed by atoms with E-state index in [0.29, 0.717) is 30.2 Å². The summed E-state index contributed by atoms with van der Waals surface area (Å²) in [6.45, 7) is 1.20. The highest BCUT2D eigenvalue weighted by atomic mass is 16.5. The van der Waals surface area contributed by atoms with Crippen LogP contribution in [0.5, 0.6) is 11.5 Å². The zero-order valence-electron chi connectivity index (χ0n) is 15.2. The fraction of sp³-hybridized carbons (Fsp3) is 0.250. The molecule has 1 saturated heterocycles. The van der Waals surface area contributed by atoms with Crippen LogP contribution in [-0.4, -0.2) is 53.1 Å². The van der Waals surface area contributed by atoms with Gasteiger partial charge in [0.05, 0.1) is 26.5 Å². The molecule has 1 aromatic heterocycles. The number of hydrogen-bond acceptors (Lipinski definition) is 5. The van der Waals surface area contributed by atoms with Gasteiger partial charge in [-0.2, -0.15) is 0 Å². The Hall–Kier alpha value is -3.35. The molecule has 0 bridgehead atoms. The summed E-state index contributed by atoms with van der Waals surface area (Å²) in [6, 6.07) is 15.3. The van der Waals surface area contributed by atoms with Crippen LogP contribution in [0.15, 0.2) is 54.7 Å². The van der Waals surface area contributed by atoms with Crippen LogP contribution in [0.1, 0.15) is 16.4 Å². The Morgan fingerprint density at radius 1 is 1.04 bits per heavy atom. The molecule has 138 valence electrons. The lowest BCUT2D eigenvalue weighted by Crippen LogP contribution is -2.50. The largest absolute Gasteiger partial charge is 0.493 e. The first-order valence-electron chi connectivity index (χ1n) is 8.68. The molecular weight excluding hydrogens is 344 g/mol. The molecular formula is C20H20N4O3. The van der Waals surface area contributed by atoms with E-state index in [2.05, 4.69) is 10.3 Å². The molecule has 0 unspecified atom stereocenters. The third-order valence-corrected chi connectivity index (χ3v) is 4.73. The Labute approximate surface area is 157 Å². The van der Waals surface area contributed by atoms with Gasteiger partial charge in [0.15, 0.2) is 11.5 Å². The van der Waals surface area contributed by atoms with Crippen molar-refractivity contribution < 1.29 is 14.3 Å². The molecule has 7 heteroatoms. The lowest BCUT2D eigenvalue weighted by molar-refractivity contribution is 0.0498. The van der Waals surface area contributed by atoms with Gasteiger partial charge >= 0.3 is 0 Å². The molecule has 1 aliphatic rings. The molecule has 3 aromatic rings. The summed E-state index contributed by atoms with van der Waals surface area (Å²) in [5.41, 5.74) is 2.44. The van der Waals surface area contributed by atoms with E-state index < -0.39 is 0 Å². The Morgan fingerprint density at radius 2 is 1.78 bits per heavy atom. The van der Waals surface area contributed by atoms with Crippen LogP contribution >= 0.6 is 0 Å². The second kappa shape index (κ2) is 7.11. The maximum absolute atomic E-state index is 12.7. The fourth-order valence-electron chi connectivity index (χ4n) is 3.14. The highest BCUT2D eigenvalue weighted by Gasteiger charge is 2.33. The first-order chi connectivity index (χ1) is 13.2. The van der Waals surface area contributed by atoms with Crippen molar-refractivity contribution in [2.45, 2.75) is 6.04 Å². The van der Waals surface area contributed by atoms with Crippen molar-refractivity contribution in [3.8, 4) is 22.8 Å². The van der Waals surface area contributed by atoms with Gasteiger partial charge < -0.3 is 14.4 Å². The van der Waals surface area contributed by atoms with Crippen molar-refractivity contribution in [3.05, 3.63) is 60.3 Å². The fourth-order valence-corrected chi connectivity index (χ4v) is 3.14. The summed E-state index contributed by atoms with van der Waals surface area (Å²) < 4.78 is 12.3. The van der Waals surface area contributed by atoms with Crippen LogP contribution in [0.4, 0.5) is 0 Å². The number of likely N-dealkylation sites (tertiary alicyclic amines) is 1. The van der Waals surface area contributed by atoms with E-state index in [1.54, 1.807) is 37.3 Å². The number of hydrogen-bond donors (Lipinski definition) is 0. The lowest BCUT2D eigenvalue weighted by Gasteiger charge is -2.38. The Morgan fingerprint density at radius 3 is 2.48 bits per heavy atom. The van der Waals surface area contributed by atoms with Gasteiger partial charge in [-0.15, -0.1) is 5.10 Å². The number of rotatable bonds is 5. The zero-order chi connectivity index (χ0) is 18.8. The van der Waals surface area contributed by atoms with Crippen LogP contribution in [0, 0.1) is 0 Å². The maximum Gasteiger partial charge on any atom is 0.254 e. The Bertz CT molecular complexity index is 949. The molecule has 7 nitrogen and oxygen atoms in total. The molecule has 1 amide bonds. The van der Waals surface area contributed by atoms with E-state index in [1.807, 2.05) is 41.2 Å². The second-order valence-electron chi connectivity index (χ2n) is 6.38. The molecule has 0 aliphatic carbocycles. The Kier molecular flexibility index (Phi) is 4.50. The van der Waals surface area contributed by atoms with E-state index >= 15 is 0 Å². The van der Waals surface area contributed by atoms with Gasteiger partial charge in [0.2, 0.25) is 0 Å². The van der Waals surface area contributed by atoms with E-state index in [-0.39, 0.29) is 11.9 Å². The normalized spacial score (nSPS) is 13.9. The Balaban J connectivity index is 1.42.